The second-order valence-corrected chi connectivity index (χ2v) is 7.40. The largest absolute Gasteiger partial charge is 0.491 e. The number of hydrogen-bond donors (Lipinski definition) is 0. The zero-order chi connectivity index (χ0) is 19.1. The lowest BCUT2D eigenvalue weighted by molar-refractivity contribution is -0.0156. The molecule has 4 heterocycles. The van der Waals surface area contributed by atoms with E-state index in [2.05, 4.69) is 19.5 Å². The first kappa shape index (κ1) is 17.4. The molecule has 2 atom stereocenters. The van der Waals surface area contributed by atoms with Crippen LogP contribution in [0.25, 0.3) is 21.9 Å². The Labute approximate surface area is 167 Å². The van der Waals surface area contributed by atoms with Crippen LogP contribution in [0.15, 0.2) is 49.1 Å². The van der Waals surface area contributed by atoms with Gasteiger partial charge in [-0.1, -0.05) is 17.7 Å². The van der Waals surface area contributed by atoms with Crippen LogP contribution >= 0.6 is 11.6 Å². The normalized spacial score (nSPS) is 19.5. The van der Waals surface area contributed by atoms with E-state index in [4.69, 9.17) is 21.1 Å². The molecular weight excluding hydrogens is 376 g/mol. The van der Waals surface area contributed by atoms with Gasteiger partial charge in [-0.2, -0.15) is 0 Å². The van der Waals surface area contributed by atoms with Crippen molar-refractivity contribution in [2.75, 3.05) is 6.61 Å². The highest BCUT2D eigenvalue weighted by molar-refractivity contribution is 6.34. The summed E-state index contributed by atoms with van der Waals surface area (Å²) in [7, 11) is 0. The second kappa shape index (κ2) is 7.04. The highest BCUT2D eigenvalue weighted by Crippen LogP contribution is 2.34. The summed E-state index contributed by atoms with van der Waals surface area (Å²) in [6, 6.07) is 9.92. The van der Waals surface area contributed by atoms with E-state index >= 15 is 0 Å². The van der Waals surface area contributed by atoms with Gasteiger partial charge in [-0.3, -0.25) is 4.98 Å². The number of benzene rings is 1. The van der Waals surface area contributed by atoms with Crippen molar-refractivity contribution < 1.29 is 9.47 Å². The molecule has 1 saturated heterocycles. The third-order valence-corrected chi connectivity index (χ3v) is 5.45. The van der Waals surface area contributed by atoms with Crippen molar-refractivity contribution in [3.8, 4) is 5.75 Å². The summed E-state index contributed by atoms with van der Waals surface area (Å²) in [6.45, 7) is 2.51. The average Bonchev–Trinajstić information content (AvgIpc) is 3.31. The number of aryl methyl sites for hydroxylation is 1. The Balaban J connectivity index is 1.29. The van der Waals surface area contributed by atoms with Gasteiger partial charge in [0.05, 0.1) is 17.0 Å². The van der Waals surface area contributed by atoms with Gasteiger partial charge >= 0.3 is 0 Å². The maximum Gasteiger partial charge on any atom is 0.147 e. The van der Waals surface area contributed by atoms with Gasteiger partial charge in [-0.15, -0.1) is 0 Å². The molecule has 0 aliphatic carbocycles. The molecule has 1 aliphatic rings. The first-order valence-electron chi connectivity index (χ1n) is 9.30. The molecule has 6 nitrogen and oxygen atoms in total. The van der Waals surface area contributed by atoms with E-state index in [9.17, 15) is 0 Å². The topological polar surface area (TPSA) is 62.1 Å². The molecular formula is C21H19ClN4O2. The lowest BCUT2D eigenvalue weighted by Crippen LogP contribution is -2.18. The number of nitrogens with zero attached hydrogens (tertiary/aromatic N) is 4. The molecule has 142 valence electrons. The lowest BCUT2D eigenvalue weighted by Gasteiger charge is -2.16. The molecule has 28 heavy (non-hydrogen) atoms. The summed E-state index contributed by atoms with van der Waals surface area (Å²) in [5.41, 5.74) is 2.79. The Bertz CT molecular complexity index is 1160. The minimum atomic E-state index is -0.0750. The van der Waals surface area contributed by atoms with Crippen LogP contribution in [-0.2, 0) is 4.74 Å². The molecule has 1 fully saturated rings. The van der Waals surface area contributed by atoms with Crippen LogP contribution in [0.2, 0.25) is 5.15 Å². The number of fused-ring (bicyclic) bond motifs is 2. The van der Waals surface area contributed by atoms with Crippen molar-refractivity contribution in [2.24, 2.45) is 0 Å². The molecule has 1 aromatic carbocycles. The second-order valence-electron chi connectivity index (χ2n) is 7.04. The zero-order valence-electron chi connectivity index (χ0n) is 15.4. The highest BCUT2D eigenvalue weighted by Gasteiger charge is 2.29. The van der Waals surface area contributed by atoms with Gasteiger partial charge in [0.2, 0.25) is 0 Å². The molecule has 4 aromatic rings. The fourth-order valence-corrected chi connectivity index (χ4v) is 4.06. The molecule has 0 N–H and O–H groups in total. The molecule has 0 bridgehead atoms. The molecule has 2 unspecified atom stereocenters. The average molecular weight is 395 g/mol. The molecule has 0 radical (unpaired) electrons. The number of hydrogen-bond acceptors (Lipinski definition) is 5. The maximum absolute atomic E-state index is 6.24. The van der Waals surface area contributed by atoms with Crippen molar-refractivity contribution in [2.45, 2.75) is 32.1 Å². The fraction of sp³-hybridized carbons (Fsp3) is 0.286. The van der Waals surface area contributed by atoms with E-state index in [1.54, 1.807) is 6.20 Å². The summed E-state index contributed by atoms with van der Waals surface area (Å²) in [5, 5.41) is 2.46. The SMILES string of the molecule is Cc1cn(C2CCC(COc3ccc4cccnc4c3)O2)c2ncnc(Cl)c12. The number of halogens is 1. The van der Waals surface area contributed by atoms with E-state index < -0.39 is 0 Å². The predicted molar refractivity (Wildman–Crippen MR) is 108 cm³/mol. The van der Waals surface area contributed by atoms with E-state index in [1.807, 2.05) is 43.5 Å². The molecule has 0 amide bonds. The Morgan fingerprint density at radius 1 is 1.21 bits per heavy atom. The Morgan fingerprint density at radius 2 is 2.14 bits per heavy atom. The molecule has 0 spiro atoms. The fourth-order valence-electron chi connectivity index (χ4n) is 3.78. The number of rotatable bonds is 4. The van der Waals surface area contributed by atoms with Crippen molar-refractivity contribution in [3.63, 3.8) is 0 Å². The van der Waals surface area contributed by atoms with Crippen molar-refractivity contribution in [3.05, 3.63) is 59.8 Å². The number of aromatic nitrogens is 4. The molecule has 1 aliphatic heterocycles. The van der Waals surface area contributed by atoms with Crippen LogP contribution in [0.5, 0.6) is 5.75 Å². The van der Waals surface area contributed by atoms with Gasteiger partial charge in [0.1, 0.15) is 35.7 Å². The summed E-state index contributed by atoms with van der Waals surface area (Å²) in [6.07, 6.45) is 7.09. The molecule has 3 aromatic heterocycles. The first-order chi connectivity index (χ1) is 13.7. The summed E-state index contributed by atoms with van der Waals surface area (Å²) >= 11 is 6.24. The van der Waals surface area contributed by atoms with E-state index in [-0.39, 0.29) is 12.3 Å². The molecule has 7 heteroatoms. The summed E-state index contributed by atoms with van der Waals surface area (Å²) < 4.78 is 14.3. The van der Waals surface area contributed by atoms with E-state index in [0.717, 1.165) is 46.1 Å². The van der Waals surface area contributed by atoms with Crippen LogP contribution in [0.1, 0.15) is 24.6 Å². The minimum absolute atomic E-state index is 0.0273. The Kier molecular flexibility index (Phi) is 4.37. The van der Waals surface area contributed by atoms with Crippen molar-refractivity contribution >= 4 is 33.5 Å². The lowest BCUT2D eigenvalue weighted by atomic mass is 10.2. The summed E-state index contributed by atoms with van der Waals surface area (Å²) in [5.74, 6) is 0.806. The standard InChI is InChI=1S/C21H19ClN4O2/c1-13-10-26(21-19(13)20(22)24-12-25-21)18-7-6-16(28-18)11-27-15-5-4-14-3-2-8-23-17(14)9-15/h2-5,8-10,12,16,18H,6-7,11H2,1H3. The van der Waals surface area contributed by atoms with Gasteiger partial charge in [-0.05, 0) is 43.5 Å². The zero-order valence-corrected chi connectivity index (χ0v) is 16.1. The van der Waals surface area contributed by atoms with E-state index in [0.29, 0.717) is 11.8 Å². The smallest absolute Gasteiger partial charge is 0.147 e. The van der Waals surface area contributed by atoms with Crippen LogP contribution in [0.4, 0.5) is 0 Å². The summed E-state index contributed by atoms with van der Waals surface area (Å²) in [4.78, 5) is 12.9. The van der Waals surface area contributed by atoms with Crippen LogP contribution in [0, 0.1) is 6.92 Å². The third-order valence-electron chi connectivity index (χ3n) is 5.16. The number of ether oxygens (including phenoxy) is 2. The van der Waals surface area contributed by atoms with Crippen LogP contribution in [0.3, 0.4) is 0 Å². The highest BCUT2D eigenvalue weighted by atomic mass is 35.5. The minimum Gasteiger partial charge on any atom is -0.491 e. The maximum atomic E-state index is 6.24. The number of pyridine rings is 1. The Hall–Kier alpha value is -2.70. The van der Waals surface area contributed by atoms with Gasteiger partial charge in [0.15, 0.2) is 0 Å². The van der Waals surface area contributed by atoms with Gasteiger partial charge < -0.3 is 14.0 Å². The van der Waals surface area contributed by atoms with E-state index in [1.165, 1.54) is 6.33 Å². The van der Waals surface area contributed by atoms with Crippen molar-refractivity contribution in [1.29, 1.82) is 0 Å². The quantitative estimate of drug-likeness (QED) is 0.469. The monoisotopic (exact) mass is 394 g/mol. The van der Waals surface area contributed by atoms with Gasteiger partial charge in [0, 0.05) is 23.8 Å². The van der Waals surface area contributed by atoms with Crippen LogP contribution < -0.4 is 4.74 Å². The Morgan fingerprint density at radius 3 is 3.07 bits per heavy atom. The van der Waals surface area contributed by atoms with Crippen LogP contribution in [-0.4, -0.2) is 32.2 Å². The van der Waals surface area contributed by atoms with Crippen molar-refractivity contribution in [1.82, 2.24) is 19.5 Å². The molecule has 5 rings (SSSR count). The van der Waals surface area contributed by atoms with Gasteiger partial charge in [0.25, 0.3) is 0 Å². The first-order valence-corrected chi connectivity index (χ1v) is 9.67. The predicted octanol–water partition coefficient (Wildman–Crippen LogP) is 4.70. The third kappa shape index (κ3) is 3.08. The van der Waals surface area contributed by atoms with Gasteiger partial charge in [-0.25, -0.2) is 9.97 Å². The molecule has 0 saturated carbocycles.